The van der Waals surface area contributed by atoms with Crippen molar-refractivity contribution in [3.05, 3.63) is 59.2 Å². The Morgan fingerprint density at radius 1 is 1.07 bits per heavy atom. The number of aryl methyl sites for hydroxylation is 1. The highest BCUT2D eigenvalue weighted by atomic mass is 32.2. The molecule has 7 heteroatoms. The van der Waals surface area contributed by atoms with Gasteiger partial charge in [-0.25, -0.2) is 0 Å². The van der Waals surface area contributed by atoms with Crippen LogP contribution in [-0.2, 0) is 10.5 Å². The van der Waals surface area contributed by atoms with Gasteiger partial charge in [0.1, 0.15) is 5.75 Å². The van der Waals surface area contributed by atoms with E-state index in [0.717, 1.165) is 18.8 Å². The number of thioether (sulfide) groups is 1. The monoisotopic (exact) mass is 427 g/mol. The van der Waals surface area contributed by atoms with Crippen molar-refractivity contribution < 1.29 is 14.3 Å². The summed E-state index contributed by atoms with van der Waals surface area (Å²) in [6.45, 7) is 5.20. The first-order chi connectivity index (χ1) is 14.5. The second kappa shape index (κ2) is 10.5. The van der Waals surface area contributed by atoms with Gasteiger partial charge in [0.25, 0.3) is 5.91 Å². The zero-order chi connectivity index (χ0) is 21.5. The van der Waals surface area contributed by atoms with Crippen molar-refractivity contribution in [1.29, 1.82) is 0 Å². The number of ether oxygens (including phenoxy) is 1. The molecule has 1 fully saturated rings. The number of amides is 2. The lowest BCUT2D eigenvalue weighted by Gasteiger charge is -2.32. The maximum atomic E-state index is 12.8. The molecule has 30 heavy (non-hydrogen) atoms. The van der Waals surface area contributed by atoms with E-state index in [-0.39, 0.29) is 11.8 Å². The molecule has 1 aliphatic rings. The summed E-state index contributed by atoms with van der Waals surface area (Å²) < 4.78 is 5.37. The summed E-state index contributed by atoms with van der Waals surface area (Å²) in [5.74, 6) is 1.51. The van der Waals surface area contributed by atoms with Gasteiger partial charge < -0.3 is 19.9 Å². The van der Waals surface area contributed by atoms with Crippen LogP contribution in [0.1, 0.15) is 21.5 Å². The molecule has 2 aromatic rings. The Kier molecular flexibility index (Phi) is 7.76. The third-order valence-corrected chi connectivity index (χ3v) is 6.14. The number of nitrogens with zero attached hydrogens (tertiary/aromatic N) is 2. The lowest BCUT2D eigenvalue weighted by Crippen LogP contribution is -2.47. The number of rotatable bonds is 7. The molecule has 0 unspecified atom stereocenters. The standard InChI is InChI=1S/C23H29N3O3S/c1-17-4-6-18(7-5-17)15-30-16-22(27)24-20-14-19(8-9-21(20)29-3)23(28)26-12-10-25(2)11-13-26/h4-9,14H,10-13,15-16H2,1-3H3,(H,24,27). The Morgan fingerprint density at radius 2 is 1.77 bits per heavy atom. The molecular formula is C23H29N3O3S. The molecule has 0 saturated carbocycles. The molecule has 1 heterocycles. The topological polar surface area (TPSA) is 61.9 Å². The number of methoxy groups -OCH3 is 1. The summed E-state index contributed by atoms with van der Waals surface area (Å²) in [7, 11) is 3.61. The summed E-state index contributed by atoms with van der Waals surface area (Å²) in [5.41, 5.74) is 3.50. The summed E-state index contributed by atoms with van der Waals surface area (Å²) in [5, 5.41) is 2.90. The second-order valence-electron chi connectivity index (χ2n) is 7.54. The molecule has 2 aromatic carbocycles. The van der Waals surface area contributed by atoms with E-state index in [9.17, 15) is 9.59 Å². The molecule has 0 spiro atoms. The van der Waals surface area contributed by atoms with Crippen molar-refractivity contribution in [3.63, 3.8) is 0 Å². The third-order valence-electron chi connectivity index (χ3n) is 5.13. The predicted octanol–water partition coefficient (Wildman–Crippen LogP) is 3.26. The van der Waals surface area contributed by atoms with Crippen LogP contribution in [0, 0.1) is 6.92 Å². The molecule has 0 bridgehead atoms. The van der Waals surface area contributed by atoms with Crippen molar-refractivity contribution in [2.75, 3.05) is 51.4 Å². The summed E-state index contributed by atoms with van der Waals surface area (Å²) in [6, 6.07) is 13.5. The molecule has 1 aliphatic heterocycles. The van der Waals surface area contributed by atoms with Gasteiger partial charge in [0, 0.05) is 37.5 Å². The molecule has 0 aliphatic carbocycles. The van der Waals surface area contributed by atoms with E-state index in [0.29, 0.717) is 35.8 Å². The van der Waals surface area contributed by atoms with Crippen molar-refractivity contribution in [2.24, 2.45) is 0 Å². The van der Waals surface area contributed by atoms with Gasteiger partial charge >= 0.3 is 0 Å². The molecule has 0 radical (unpaired) electrons. The maximum absolute atomic E-state index is 12.8. The minimum absolute atomic E-state index is 0.0185. The molecule has 1 saturated heterocycles. The van der Waals surface area contributed by atoms with E-state index in [2.05, 4.69) is 48.5 Å². The molecule has 2 amide bonds. The average molecular weight is 428 g/mol. The predicted molar refractivity (Wildman–Crippen MR) is 122 cm³/mol. The van der Waals surface area contributed by atoms with Gasteiger partial charge in [-0.05, 0) is 37.7 Å². The van der Waals surface area contributed by atoms with Crippen LogP contribution in [0.25, 0.3) is 0 Å². The minimum Gasteiger partial charge on any atom is -0.495 e. The fourth-order valence-corrected chi connectivity index (χ4v) is 4.05. The maximum Gasteiger partial charge on any atom is 0.254 e. The van der Waals surface area contributed by atoms with E-state index >= 15 is 0 Å². The molecule has 160 valence electrons. The lowest BCUT2D eigenvalue weighted by molar-refractivity contribution is -0.113. The first-order valence-electron chi connectivity index (χ1n) is 10.1. The van der Waals surface area contributed by atoms with E-state index in [1.54, 1.807) is 37.1 Å². The second-order valence-corrected chi connectivity index (χ2v) is 8.52. The lowest BCUT2D eigenvalue weighted by atomic mass is 10.1. The fourth-order valence-electron chi connectivity index (χ4n) is 3.26. The van der Waals surface area contributed by atoms with Crippen LogP contribution in [-0.4, -0.2) is 67.7 Å². The molecule has 3 rings (SSSR count). The normalized spacial score (nSPS) is 14.4. The zero-order valence-electron chi connectivity index (χ0n) is 17.8. The average Bonchev–Trinajstić information content (AvgIpc) is 2.75. The number of nitrogens with one attached hydrogen (secondary N) is 1. The Balaban J connectivity index is 1.59. The van der Waals surface area contributed by atoms with Gasteiger partial charge in [-0.15, -0.1) is 11.8 Å². The van der Waals surface area contributed by atoms with E-state index < -0.39 is 0 Å². The van der Waals surface area contributed by atoms with Crippen molar-refractivity contribution in [2.45, 2.75) is 12.7 Å². The Morgan fingerprint density at radius 3 is 2.43 bits per heavy atom. The van der Waals surface area contributed by atoms with Crippen LogP contribution in [0.5, 0.6) is 5.75 Å². The summed E-state index contributed by atoms with van der Waals surface area (Å²) in [4.78, 5) is 29.4. The van der Waals surface area contributed by atoms with E-state index in [1.807, 2.05) is 4.90 Å². The summed E-state index contributed by atoms with van der Waals surface area (Å²) in [6.07, 6.45) is 0. The summed E-state index contributed by atoms with van der Waals surface area (Å²) >= 11 is 1.55. The van der Waals surface area contributed by atoms with Crippen LogP contribution in [0.2, 0.25) is 0 Å². The van der Waals surface area contributed by atoms with Crippen LogP contribution < -0.4 is 10.1 Å². The Bertz CT molecular complexity index is 878. The number of hydrogen-bond acceptors (Lipinski definition) is 5. The molecule has 6 nitrogen and oxygen atoms in total. The van der Waals surface area contributed by atoms with Gasteiger partial charge in [-0.1, -0.05) is 29.8 Å². The molecule has 0 atom stereocenters. The number of benzene rings is 2. The number of anilines is 1. The molecule has 1 N–H and O–H groups in total. The number of carbonyl (C=O) groups excluding carboxylic acids is 2. The van der Waals surface area contributed by atoms with Crippen molar-refractivity contribution in [1.82, 2.24) is 9.80 Å². The van der Waals surface area contributed by atoms with E-state index in [1.165, 1.54) is 11.1 Å². The number of likely N-dealkylation sites (N-methyl/N-ethyl adjacent to an activating group) is 1. The minimum atomic E-state index is -0.116. The van der Waals surface area contributed by atoms with Crippen molar-refractivity contribution >= 4 is 29.3 Å². The zero-order valence-corrected chi connectivity index (χ0v) is 18.6. The Hall–Kier alpha value is -2.51. The quantitative estimate of drug-likeness (QED) is 0.735. The SMILES string of the molecule is COc1ccc(C(=O)N2CCN(C)CC2)cc1NC(=O)CSCc1ccc(C)cc1. The van der Waals surface area contributed by atoms with Crippen molar-refractivity contribution in [3.8, 4) is 5.75 Å². The van der Waals surface area contributed by atoms with Gasteiger partial charge in [-0.2, -0.15) is 0 Å². The molecular weight excluding hydrogens is 398 g/mol. The van der Waals surface area contributed by atoms with Crippen LogP contribution in [0.3, 0.4) is 0 Å². The highest BCUT2D eigenvalue weighted by molar-refractivity contribution is 7.99. The Labute approximate surface area is 182 Å². The first kappa shape index (κ1) is 22.2. The van der Waals surface area contributed by atoms with Crippen LogP contribution >= 0.6 is 11.8 Å². The number of piperazine rings is 1. The fraction of sp³-hybridized carbons (Fsp3) is 0.391. The highest BCUT2D eigenvalue weighted by Crippen LogP contribution is 2.27. The van der Waals surface area contributed by atoms with E-state index in [4.69, 9.17) is 4.74 Å². The van der Waals surface area contributed by atoms with Gasteiger partial charge in [-0.3, -0.25) is 9.59 Å². The number of carbonyl (C=O) groups is 2. The third kappa shape index (κ3) is 6.00. The number of hydrogen-bond donors (Lipinski definition) is 1. The van der Waals surface area contributed by atoms with Gasteiger partial charge in [0.2, 0.25) is 5.91 Å². The van der Waals surface area contributed by atoms with Gasteiger partial charge in [0.05, 0.1) is 18.6 Å². The van der Waals surface area contributed by atoms with Gasteiger partial charge in [0.15, 0.2) is 0 Å². The smallest absolute Gasteiger partial charge is 0.254 e. The highest BCUT2D eigenvalue weighted by Gasteiger charge is 2.21. The van der Waals surface area contributed by atoms with Crippen LogP contribution in [0.15, 0.2) is 42.5 Å². The van der Waals surface area contributed by atoms with Crippen LogP contribution in [0.4, 0.5) is 5.69 Å². The largest absolute Gasteiger partial charge is 0.495 e. The first-order valence-corrected chi connectivity index (χ1v) is 11.2. The molecule has 0 aromatic heterocycles.